The summed E-state index contributed by atoms with van der Waals surface area (Å²) in [6.07, 6.45) is 3.78. The van der Waals surface area contributed by atoms with Crippen molar-refractivity contribution in [3.05, 3.63) is 30.3 Å². The van der Waals surface area contributed by atoms with Gasteiger partial charge in [-0.2, -0.15) is 0 Å². The van der Waals surface area contributed by atoms with Gasteiger partial charge in [-0.15, -0.1) is 0 Å². The fourth-order valence-electron chi connectivity index (χ4n) is 1.12. The number of methoxy groups -OCH3 is 1. The van der Waals surface area contributed by atoms with E-state index in [9.17, 15) is 4.79 Å². The summed E-state index contributed by atoms with van der Waals surface area (Å²) in [6.45, 7) is 0. The molecule has 0 spiro atoms. The number of carbonyl (C=O) groups excluding carboxylic acids is 1. The summed E-state index contributed by atoms with van der Waals surface area (Å²) in [7, 11) is 1.49. The van der Waals surface area contributed by atoms with E-state index in [1.54, 1.807) is 24.5 Å². The largest absolute Gasteiger partial charge is 0.467 e. The molecule has 2 aromatic heterocycles. The average molecular weight is 204 g/mol. The second kappa shape index (κ2) is 3.91. The molecule has 0 aliphatic carbocycles. The van der Waals surface area contributed by atoms with Crippen LogP contribution in [-0.4, -0.2) is 23.4 Å². The Bertz CT molecular complexity index is 462. The summed E-state index contributed by atoms with van der Waals surface area (Å²) >= 11 is 0. The van der Waals surface area contributed by atoms with Crippen molar-refractivity contribution in [1.29, 1.82) is 0 Å². The number of rotatable bonds is 3. The van der Waals surface area contributed by atoms with Crippen LogP contribution in [0.4, 0.5) is 0 Å². The van der Waals surface area contributed by atoms with Gasteiger partial charge in [0, 0.05) is 12.4 Å². The second-order valence-corrected chi connectivity index (χ2v) is 2.78. The molecular formula is C10H8N2O3. The molecule has 2 heterocycles. The van der Waals surface area contributed by atoms with Crippen molar-refractivity contribution >= 4 is 6.29 Å². The van der Waals surface area contributed by atoms with Gasteiger partial charge < -0.3 is 9.15 Å². The first-order valence-corrected chi connectivity index (χ1v) is 4.25. The van der Waals surface area contributed by atoms with Crippen LogP contribution in [0.5, 0.6) is 6.01 Å². The number of aldehydes is 1. The molecule has 0 atom stereocenters. The topological polar surface area (TPSA) is 65.2 Å². The quantitative estimate of drug-likeness (QED) is 0.710. The molecule has 0 bridgehead atoms. The standard InChI is InChI=1S/C10H8N2O3/c1-14-10-11-4-7(5-12-10)9-3-2-8(6-13)15-9/h2-6H,1H3. The Labute approximate surface area is 85.7 Å². The third-order valence-electron chi connectivity index (χ3n) is 1.84. The smallest absolute Gasteiger partial charge is 0.316 e. The number of hydrogen-bond acceptors (Lipinski definition) is 5. The van der Waals surface area contributed by atoms with Gasteiger partial charge in [-0.05, 0) is 12.1 Å². The van der Waals surface area contributed by atoms with E-state index in [2.05, 4.69) is 9.97 Å². The lowest BCUT2D eigenvalue weighted by Gasteiger charge is -1.97. The molecule has 0 aromatic carbocycles. The van der Waals surface area contributed by atoms with Crippen LogP contribution in [0.3, 0.4) is 0 Å². The molecule has 0 radical (unpaired) electrons. The highest BCUT2D eigenvalue weighted by Crippen LogP contribution is 2.20. The van der Waals surface area contributed by atoms with Gasteiger partial charge in [0.25, 0.3) is 0 Å². The zero-order chi connectivity index (χ0) is 10.7. The first kappa shape index (κ1) is 9.39. The summed E-state index contributed by atoms with van der Waals surface area (Å²) in [5.41, 5.74) is 0.698. The summed E-state index contributed by atoms with van der Waals surface area (Å²) in [4.78, 5) is 18.3. The van der Waals surface area contributed by atoms with Crippen LogP contribution in [-0.2, 0) is 0 Å². The van der Waals surface area contributed by atoms with Gasteiger partial charge >= 0.3 is 6.01 Å². The minimum atomic E-state index is 0.279. The van der Waals surface area contributed by atoms with Crippen LogP contribution in [0.1, 0.15) is 10.6 Å². The molecule has 0 aliphatic rings. The van der Waals surface area contributed by atoms with Crippen LogP contribution in [0.2, 0.25) is 0 Å². The molecule has 5 nitrogen and oxygen atoms in total. The zero-order valence-electron chi connectivity index (χ0n) is 8.01. The van der Waals surface area contributed by atoms with Crippen LogP contribution in [0.25, 0.3) is 11.3 Å². The van der Waals surface area contributed by atoms with Gasteiger partial charge in [0.1, 0.15) is 5.76 Å². The molecule has 2 aromatic rings. The van der Waals surface area contributed by atoms with E-state index in [-0.39, 0.29) is 5.76 Å². The summed E-state index contributed by atoms with van der Waals surface area (Å²) < 4.78 is 10.0. The van der Waals surface area contributed by atoms with Gasteiger partial charge in [0.15, 0.2) is 12.0 Å². The van der Waals surface area contributed by atoms with Gasteiger partial charge in [0.05, 0.1) is 12.7 Å². The Morgan fingerprint density at radius 3 is 2.60 bits per heavy atom. The first-order chi connectivity index (χ1) is 7.33. The highest BCUT2D eigenvalue weighted by molar-refractivity contribution is 5.72. The fraction of sp³-hybridized carbons (Fsp3) is 0.100. The number of ether oxygens (including phenoxy) is 1. The third-order valence-corrected chi connectivity index (χ3v) is 1.84. The van der Waals surface area contributed by atoms with Crippen molar-refractivity contribution < 1.29 is 13.9 Å². The van der Waals surface area contributed by atoms with Crippen molar-refractivity contribution in [3.8, 4) is 17.3 Å². The molecule has 76 valence electrons. The van der Waals surface area contributed by atoms with Gasteiger partial charge in [-0.3, -0.25) is 4.79 Å². The minimum Gasteiger partial charge on any atom is -0.467 e. The average Bonchev–Trinajstić information content (AvgIpc) is 2.78. The lowest BCUT2D eigenvalue weighted by molar-refractivity contribution is 0.110. The maximum Gasteiger partial charge on any atom is 0.316 e. The van der Waals surface area contributed by atoms with E-state index in [1.807, 2.05) is 0 Å². The molecular weight excluding hydrogens is 196 g/mol. The van der Waals surface area contributed by atoms with Crippen molar-refractivity contribution in [2.24, 2.45) is 0 Å². The lowest BCUT2D eigenvalue weighted by Crippen LogP contribution is -1.90. The highest BCUT2D eigenvalue weighted by Gasteiger charge is 2.05. The van der Waals surface area contributed by atoms with Gasteiger partial charge in [0.2, 0.25) is 0 Å². The maximum atomic E-state index is 10.4. The van der Waals surface area contributed by atoms with Gasteiger partial charge in [-0.1, -0.05) is 0 Å². The number of carbonyl (C=O) groups is 1. The van der Waals surface area contributed by atoms with E-state index in [1.165, 1.54) is 7.11 Å². The van der Waals surface area contributed by atoms with Crippen LogP contribution < -0.4 is 4.74 Å². The van der Waals surface area contributed by atoms with Gasteiger partial charge in [-0.25, -0.2) is 9.97 Å². The second-order valence-electron chi connectivity index (χ2n) is 2.78. The fourth-order valence-corrected chi connectivity index (χ4v) is 1.12. The van der Waals surface area contributed by atoms with E-state index < -0.39 is 0 Å². The van der Waals surface area contributed by atoms with E-state index in [4.69, 9.17) is 9.15 Å². The number of nitrogens with zero attached hydrogens (tertiary/aromatic N) is 2. The van der Waals surface area contributed by atoms with Crippen molar-refractivity contribution in [3.63, 3.8) is 0 Å². The Balaban J connectivity index is 2.32. The molecule has 0 saturated carbocycles. The Morgan fingerprint density at radius 1 is 1.33 bits per heavy atom. The normalized spacial score (nSPS) is 9.93. The van der Waals surface area contributed by atoms with E-state index >= 15 is 0 Å². The predicted molar refractivity (Wildman–Crippen MR) is 51.7 cm³/mol. The van der Waals surface area contributed by atoms with Crippen LogP contribution in [0, 0.1) is 0 Å². The molecule has 0 unspecified atom stereocenters. The number of hydrogen-bond donors (Lipinski definition) is 0. The molecule has 2 rings (SSSR count). The first-order valence-electron chi connectivity index (χ1n) is 4.25. The van der Waals surface area contributed by atoms with Crippen LogP contribution in [0.15, 0.2) is 28.9 Å². The van der Waals surface area contributed by atoms with E-state index in [0.717, 1.165) is 0 Å². The molecule has 0 fully saturated rings. The Hall–Kier alpha value is -2.17. The van der Waals surface area contributed by atoms with Crippen molar-refractivity contribution in [2.45, 2.75) is 0 Å². The Morgan fingerprint density at radius 2 is 2.07 bits per heavy atom. The predicted octanol–water partition coefficient (Wildman–Crippen LogP) is 1.56. The molecule has 5 heteroatoms. The van der Waals surface area contributed by atoms with Crippen molar-refractivity contribution in [1.82, 2.24) is 9.97 Å². The third kappa shape index (κ3) is 1.85. The summed E-state index contributed by atoms with van der Waals surface area (Å²) in [6, 6.07) is 3.57. The van der Waals surface area contributed by atoms with Crippen LogP contribution >= 0.6 is 0 Å². The molecule has 15 heavy (non-hydrogen) atoms. The number of furan rings is 1. The monoisotopic (exact) mass is 204 g/mol. The maximum absolute atomic E-state index is 10.4. The van der Waals surface area contributed by atoms with E-state index in [0.29, 0.717) is 23.6 Å². The highest BCUT2D eigenvalue weighted by atomic mass is 16.5. The molecule has 0 saturated heterocycles. The molecule has 0 N–H and O–H groups in total. The Kier molecular flexibility index (Phi) is 2.45. The SMILES string of the molecule is COc1ncc(-c2ccc(C=O)o2)cn1. The minimum absolute atomic E-state index is 0.279. The summed E-state index contributed by atoms with van der Waals surface area (Å²) in [5, 5.41) is 0. The molecule has 0 amide bonds. The lowest BCUT2D eigenvalue weighted by atomic mass is 10.3. The summed E-state index contributed by atoms with van der Waals surface area (Å²) in [5.74, 6) is 0.834. The molecule has 0 aliphatic heterocycles. The zero-order valence-corrected chi connectivity index (χ0v) is 8.01. The van der Waals surface area contributed by atoms with Crippen molar-refractivity contribution in [2.75, 3.05) is 7.11 Å². The number of aromatic nitrogens is 2.